The Kier molecular flexibility index (Phi) is 5.10. The van der Waals surface area contributed by atoms with Gasteiger partial charge in [-0.2, -0.15) is 0 Å². The van der Waals surface area contributed by atoms with Crippen LogP contribution >= 0.6 is 0 Å². The molecule has 27 heavy (non-hydrogen) atoms. The van der Waals surface area contributed by atoms with Crippen molar-refractivity contribution in [2.75, 3.05) is 13.2 Å². The number of ether oxygens (including phenoxy) is 1. The molecule has 0 aliphatic carbocycles. The summed E-state index contributed by atoms with van der Waals surface area (Å²) in [6.45, 7) is 5.74. The van der Waals surface area contributed by atoms with Crippen LogP contribution < -0.4 is 10.9 Å². The van der Waals surface area contributed by atoms with Crippen molar-refractivity contribution >= 4 is 10.8 Å². The van der Waals surface area contributed by atoms with E-state index in [1.54, 1.807) is 0 Å². The number of hydrogen-bond donors (Lipinski definition) is 1. The largest absolute Gasteiger partial charge is 0.381 e. The van der Waals surface area contributed by atoms with Crippen LogP contribution in [0.15, 0.2) is 59.4 Å². The third kappa shape index (κ3) is 3.55. The van der Waals surface area contributed by atoms with Crippen LogP contribution in [0.4, 0.5) is 0 Å². The van der Waals surface area contributed by atoms with Gasteiger partial charge < -0.3 is 10.1 Å². The molecule has 4 rings (SSSR count). The van der Waals surface area contributed by atoms with Gasteiger partial charge in [0.25, 0.3) is 5.56 Å². The normalized spacial score (nSPS) is 16.5. The molecule has 1 aliphatic rings. The molecule has 2 aromatic carbocycles. The van der Waals surface area contributed by atoms with Crippen molar-refractivity contribution in [1.82, 2.24) is 9.88 Å². The highest BCUT2D eigenvalue weighted by molar-refractivity contribution is 5.85. The summed E-state index contributed by atoms with van der Waals surface area (Å²) in [6, 6.07) is 18.6. The lowest BCUT2D eigenvalue weighted by Crippen LogP contribution is -2.38. The smallest absolute Gasteiger partial charge is 0.263 e. The minimum Gasteiger partial charge on any atom is -0.381 e. The molecule has 0 saturated carbocycles. The van der Waals surface area contributed by atoms with Crippen molar-refractivity contribution < 1.29 is 4.74 Å². The second-order valence-corrected chi connectivity index (χ2v) is 7.36. The van der Waals surface area contributed by atoms with E-state index < -0.39 is 0 Å². The molecule has 2 heterocycles. The van der Waals surface area contributed by atoms with E-state index in [4.69, 9.17) is 4.74 Å². The summed E-state index contributed by atoms with van der Waals surface area (Å²) >= 11 is 0. The molecule has 0 spiro atoms. The van der Waals surface area contributed by atoms with Gasteiger partial charge in [-0.15, -0.1) is 0 Å². The number of rotatable bonds is 4. The molecule has 1 N–H and O–H groups in total. The Labute approximate surface area is 159 Å². The summed E-state index contributed by atoms with van der Waals surface area (Å²) in [5.74, 6) is 0. The summed E-state index contributed by atoms with van der Waals surface area (Å²) < 4.78 is 7.34. The Morgan fingerprint density at radius 2 is 1.81 bits per heavy atom. The quantitative estimate of drug-likeness (QED) is 0.759. The molecule has 1 saturated heterocycles. The molecule has 0 bridgehead atoms. The zero-order valence-corrected chi connectivity index (χ0v) is 15.9. The van der Waals surface area contributed by atoms with Crippen LogP contribution in [0.1, 0.15) is 37.1 Å². The number of fused-ring (bicyclic) bond motifs is 1. The molecular weight excluding hydrogens is 336 g/mol. The molecule has 140 valence electrons. The fraction of sp³-hybridized carbons (Fsp3) is 0.348. The van der Waals surface area contributed by atoms with Gasteiger partial charge in [0.05, 0.1) is 5.39 Å². The summed E-state index contributed by atoms with van der Waals surface area (Å²) in [6.07, 6.45) is 2.01. The Hall–Kier alpha value is -2.43. The maximum Gasteiger partial charge on any atom is 0.263 e. The fourth-order valence-corrected chi connectivity index (χ4v) is 4.02. The maximum absolute atomic E-state index is 13.5. The van der Waals surface area contributed by atoms with Gasteiger partial charge in [-0.3, -0.25) is 9.36 Å². The minimum absolute atomic E-state index is 0.0485. The van der Waals surface area contributed by atoms with Crippen LogP contribution in [-0.4, -0.2) is 23.8 Å². The lowest BCUT2D eigenvalue weighted by atomic mass is 10.0. The maximum atomic E-state index is 13.5. The van der Waals surface area contributed by atoms with Crippen LogP contribution in [0.3, 0.4) is 0 Å². The number of aromatic nitrogens is 1. The highest BCUT2D eigenvalue weighted by atomic mass is 16.5. The molecule has 1 atom stereocenters. The highest BCUT2D eigenvalue weighted by Crippen LogP contribution is 2.24. The van der Waals surface area contributed by atoms with Gasteiger partial charge in [0.15, 0.2) is 0 Å². The molecule has 4 nitrogen and oxygen atoms in total. The van der Waals surface area contributed by atoms with Crippen molar-refractivity contribution in [3.8, 4) is 5.69 Å². The van der Waals surface area contributed by atoms with E-state index in [-0.39, 0.29) is 11.6 Å². The van der Waals surface area contributed by atoms with E-state index in [0.717, 1.165) is 53.8 Å². The van der Waals surface area contributed by atoms with Crippen molar-refractivity contribution in [3.05, 3.63) is 76.2 Å². The summed E-state index contributed by atoms with van der Waals surface area (Å²) in [4.78, 5) is 13.5. The number of benzene rings is 2. The summed E-state index contributed by atoms with van der Waals surface area (Å²) in [7, 11) is 0. The van der Waals surface area contributed by atoms with Crippen LogP contribution in [0, 0.1) is 6.92 Å². The first-order valence-corrected chi connectivity index (χ1v) is 9.69. The molecule has 0 amide bonds. The second-order valence-electron chi connectivity index (χ2n) is 7.36. The number of aryl methyl sites for hydroxylation is 1. The Balaban J connectivity index is 1.86. The number of pyridine rings is 1. The zero-order valence-electron chi connectivity index (χ0n) is 15.9. The SMILES string of the molecule is Cc1cccc2cc(C(C)NC3CCOCC3)n(-c3ccccc3)c(=O)c12. The van der Waals surface area contributed by atoms with E-state index in [1.807, 2.05) is 60.0 Å². The predicted octanol–water partition coefficient (Wildman–Crippen LogP) is 4.13. The molecular formula is C23H26N2O2. The monoisotopic (exact) mass is 362 g/mol. The molecule has 1 aliphatic heterocycles. The lowest BCUT2D eigenvalue weighted by molar-refractivity contribution is 0.0752. The van der Waals surface area contributed by atoms with Crippen LogP contribution in [0.2, 0.25) is 0 Å². The van der Waals surface area contributed by atoms with E-state index in [1.165, 1.54) is 0 Å². The Morgan fingerprint density at radius 1 is 1.07 bits per heavy atom. The fourth-order valence-electron chi connectivity index (χ4n) is 4.02. The van der Waals surface area contributed by atoms with E-state index in [9.17, 15) is 4.79 Å². The molecule has 4 heteroatoms. The van der Waals surface area contributed by atoms with Gasteiger partial charge in [0.2, 0.25) is 0 Å². The number of para-hydroxylation sites is 1. The van der Waals surface area contributed by atoms with Crippen LogP contribution in [0.25, 0.3) is 16.5 Å². The van der Waals surface area contributed by atoms with Crippen molar-refractivity contribution in [1.29, 1.82) is 0 Å². The Bertz CT molecular complexity index is 988. The van der Waals surface area contributed by atoms with E-state index >= 15 is 0 Å². The minimum atomic E-state index is 0.0485. The molecule has 0 radical (unpaired) electrons. The number of nitrogens with zero attached hydrogens (tertiary/aromatic N) is 1. The molecule has 1 aromatic heterocycles. The van der Waals surface area contributed by atoms with Gasteiger partial charge in [0, 0.05) is 36.7 Å². The van der Waals surface area contributed by atoms with Crippen molar-refractivity contribution in [2.45, 2.75) is 38.8 Å². The first-order chi connectivity index (χ1) is 13.1. The predicted molar refractivity (Wildman–Crippen MR) is 110 cm³/mol. The topological polar surface area (TPSA) is 43.3 Å². The number of nitrogens with one attached hydrogen (secondary N) is 1. The van der Waals surface area contributed by atoms with Crippen LogP contribution in [0.5, 0.6) is 0 Å². The first kappa shape index (κ1) is 18.0. The van der Waals surface area contributed by atoms with E-state index in [2.05, 4.69) is 18.3 Å². The van der Waals surface area contributed by atoms with Gasteiger partial charge >= 0.3 is 0 Å². The summed E-state index contributed by atoms with van der Waals surface area (Å²) in [5, 5.41) is 5.51. The standard InChI is InChI=1S/C23H26N2O2/c1-16-7-6-8-18-15-21(17(2)24-19-11-13-27-14-12-19)25(23(26)22(16)18)20-9-4-3-5-10-20/h3-10,15,17,19,24H,11-14H2,1-2H3. The highest BCUT2D eigenvalue weighted by Gasteiger charge is 2.21. The Morgan fingerprint density at radius 3 is 2.56 bits per heavy atom. The third-order valence-corrected chi connectivity index (χ3v) is 5.45. The van der Waals surface area contributed by atoms with Crippen LogP contribution in [-0.2, 0) is 4.74 Å². The lowest BCUT2D eigenvalue weighted by Gasteiger charge is -2.28. The summed E-state index contributed by atoms with van der Waals surface area (Å²) in [5.41, 5.74) is 2.96. The molecule has 3 aromatic rings. The van der Waals surface area contributed by atoms with Crippen molar-refractivity contribution in [2.24, 2.45) is 0 Å². The van der Waals surface area contributed by atoms with Crippen molar-refractivity contribution in [3.63, 3.8) is 0 Å². The third-order valence-electron chi connectivity index (χ3n) is 5.45. The van der Waals surface area contributed by atoms with Gasteiger partial charge in [-0.1, -0.05) is 36.4 Å². The second kappa shape index (κ2) is 7.67. The van der Waals surface area contributed by atoms with Gasteiger partial charge in [-0.25, -0.2) is 0 Å². The van der Waals surface area contributed by atoms with E-state index in [0.29, 0.717) is 6.04 Å². The first-order valence-electron chi connectivity index (χ1n) is 9.69. The molecule has 1 fully saturated rings. The van der Waals surface area contributed by atoms with Gasteiger partial charge in [0.1, 0.15) is 0 Å². The molecule has 1 unspecified atom stereocenters. The average molecular weight is 362 g/mol. The van der Waals surface area contributed by atoms with Gasteiger partial charge in [-0.05, 0) is 55.8 Å². The number of hydrogen-bond acceptors (Lipinski definition) is 3. The zero-order chi connectivity index (χ0) is 18.8. The average Bonchev–Trinajstić information content (AvgIpc) is 2.69.